The molecule has 4 rings (SSSR count). The third-order valence-electron chi connectivity index (χ3n) is 6.60. The molecule has 0 radical (unpaired) electrons. The normalized spacial score (nSPS) is 16.0. The van der Waals surface area contributed by atoms with E-state index in [0.717, 1.165) is 24.2 Å². The third-order valence-corrected chi connectivity index (χ3v) is 7.74. The van der Waals surface area contributed by atoms with E-state index >= 15 is 0 Å². The van der Waals surface area contributed by atoms with Gasteiger partial charge in [-0.3, -0.25) is 14.5 Å². The van der Waals surface area contributed by atoms with Crippen LogP contribution in [0, 0.1) is 6.92 Å². The number of Topliss-reactive ketones (excluding diaryl/α,β-unsaturated/α-hetero) is 1. The third kappa shape index (κ3) is 6.11. The van der Waals surface area contributed by atoms with Gasteiger partial charge in [-0.2, -0.15) is 0 Å². The summed E-state index contributed by atoms with van der Waals surface area (Å²) < 4.78 is 22.2. The minimum Gasteiger partial charge on any atom is -0.507 e. The second-order valence-electron chi connectivity index (χ2n) is 9.37. The number of anilines is 1. The predicted molar refractivity (Wildman–Crippen MR) is 159 cm³/mol. The topological polar surface area (TPSA) is 124 Å². The molecule has 11 heteroatoms. The Morgan fingerprint density at radius 2 is 1.76 bits per heavy atom. The molecule has 1 aromatic heterocycles. The van der Waals surface area contributed by atoms with Crippen molar-refractivity contribution in [2.24, 2.45) is 0 Å². The molecule has 2 aromatic carbocycles. The van der Waals surface area contributed by atoms with Crippen LogP contribution >= 0.6 is 11.3 Å². The number of ketones is 1. The molecule has 1 unspecified atom stereocenters. The van der Waals surface area contributed by atoms with E-state index < -0.39 is 23.7 Å². The molecule has 42 heavy (non-hydrogen) atoms. The standard InChI is InChI=1S/C31H34N2O8S/c1-6-9-16-41-22-15-12-20(17-23(22)39-7-2)25-24(26(34)19-10-13-21(38-5)14-11-19)27(35)29(36)33(25)31-32-18(4)28(42-31)30(37)40-8-3/h10-15,17,25,34H,6-9,16H2,1-5H3/b26-24+. The summed E-state index contributed by atoms with van der Waals surface area (Å²) in [6.07, 6.45) is 1.82. The lowest BCUT2D eigenvalue weighted by molar-refractivity contribution is -0.132. The summed E-state index contributed by atoms with van der Waals surface area (Å²) in [7, 11) is 1.52. The number of carbonyl (C=O) groups excluding carboxylic acids is 3. The Bertz CT molecular complexity index is 1500. The molecule has 1 saturated heterocycles. The number of hydrogen-bond donors (Lipinski definition) is 1. The van der Waals surface area contributed by atoms with E-state index in [0.29, 0.717) is 47.3 Å². The van der Waals surface area contributed by atoms with E-state index in [1.165, 1.54) is 12.0 Å². The maximum atomic E-state index is 13.6. The van der Waals surface area contributed by atoms with E-state index in [-0.39, 0.29) is 27.9 Å². The summed E-state index contributed by atoms with van der Waals surface area (Å²) in [4.78, 5) is 45.6. The van der Waals surface area contributed by atoms with Crippen molar-refractivity contribution in [3.63, 3.8) is 0 Å². The number of benzene rings is 2. The summed E-state index contributed by atoms with van der Waals surface area (Å²) in [5, 5.41) is 11.6. The number of hydrogen-bond acceptors (Lipinski definition) is 10. The van der Waals surface area contributed by atoms with Crippen LogP contribution in [-0.2, 0) is 14.3 Å². The van der Waals surface area contributed by atoms with Crippen molar-refractivity contribution in [3.8, 4) is 17.2 Å². The van der Waals surface area contributed by atoms with Gasteiger partial charge in [-0.05, 0) is 69.2 Å². The van der Waals surface area contributed by atoms with Gasteiger partial charge in [-0.15, -0.1) is 0 Å². The number of unbranched alkanes of at least 4 members (excludes halogenated alkanes) is 1. The van der Waals surface area contributed by atoms with Crippen molar-refractivity contribution in [1.29, 1.82) is 0 Å². The van der Waals surface area contributed by atoms with Crippen LogP contribution in [-0.4, -0.2) is 54.7 Å². The first-order valence-corrected chi connectivity index (χ1v) is 14.6. The number of ether oxygens (including phenoxy) is 4. The van der Waals surface area contributed by atoms with Gasteiger partial charge in [-0.1, -0.05) is 30.7 Å². The average molecular weight is 595 g/mol. The Balaban J connectivity index is 1.90. The number of carbonyl (C=O) groups is 3. The van der Waals surface area contributed by atoms with Gasteiger partial charge in [0.25, 0.3) is 5.78 Å². The molecular weight excluding hydrogens is 560 g/mol. The number of aliphatic hydroxyl groups is 1. The van der Waals surface area contributed by atoms with Gasteiger partial charge in [0, 0.05) is 5.56 Å². The molecule has 1 aliphatic heterocycles. The van der Waals surface area contributed by atoms with Gasteiger partial charge in [0.2, 0.25) is 0 Å². The first kappa shape index (κ1) is 30.6. The lowest BCUT2D eigenvalue weighted by Gasteiger charge is -2.24. The largest absolute Gasteiger partial charge is 0.507 e. The van der Waals surface area contributed by atoms with Crippen molar-refractivity contribution < 1.29 is 38.4 Å². The molecule has 1 aliphatic rings. The monoisotopic (exact) mass is 594 g/mol. The number of aliphatic hydroxyl groups excluding tert-OH is 1. The maximum absolute atomic E-state index is 13.6. The Hall–Kier alpha value is -4.38. The molecule has 0 spiro atoms. The van der Waals surface area contributed by atoms with Gasteiger partial charge < -0.3 is 24.1 Å². The lowest BCUT2D eigenvalue weighted by Crippen LogP contribution is -2.29. The highest BCUT2D eigenvalue weighted by molar-refractivity contribution is 7.17. The van der Waals surface area contributed by atoms with Crippen LogP contribution in [0.15, 0.2) is 48.0 Å². The second-order valence-corrected chi connectivity index (χ2v) is 10.3. The molecule has 1 fully saturated rings. The zero-order valence-corrected chi connectivity index (χ0v) is 25.1. The Kier molecular flexibility index (Phi) is 9.84. The molecule has 1 amide bonds. The molecule has 0 aliphatic carbocycles. The molecule has 1 atom stereocenters. The first-order valence-electron chi connectivity index (χ1n) is 13.7. The maximum Gasteiger partial charge on any atom is 0.350 e. The van der Waals surface area contributed by atoms with Crippen LogP contribution < -0.4 is 19.1 Å². The number of esters is 1. The van der Waals surface area contributed by atoms with Crippen LogP contribution in [0.4, 0.5) is 5.13 Å². The van der Waals surface area contributed by atoms with Crippen molar-refractivity contribution in [2.45, 2.75) is 46.6 Å². The molecule has 2 heterocycles. The fourth-order valence-electron chi connectivity index (χ4n) is 4.53. The van der Waals surface area contributed by atoms with Crippen molar-refractivity contribution in [2.75, 3.05) is 31.8 Å². The number of amides is 1. The van der Waals surface area contributed by atoms with Crippen LogP contribution in [0.5, 0.6) is 17.2 Å². The van der Waals surface area contributed by atoms with Gasteiger partial charge in [0.05, 0.1) is 44.2 Å². The number of nitrogens with zero attached hydrogens (tertiary/aromatic N) is 2. The molecular formula is C31H34N2O8S. The van der Waals surface area contributed by atoms with E-state index in [1.807, 2.05) is 6.92 Å². The van der Waals surface area contributed by atoms with Crippen LogP contribution in [0.25, 0.3) is 5.76 Å². The van der Waals surface area contributed by atoms with Crippen molar-refractivity contribution in [3.05, 3.63) is 69.7 Å². The molecule has 3 aromatic rings. The SMILES string of the molecule is CCCCOc1ccc(C2/C(=C(\O)c3ccc(OC)cc3)C(=O)C(=O)N2c2nc(C)c(C(=O)OCC)s2)cc1OCC. The van der Waals surface area contributed by atoms with E-state index in [9.17, 15) is 19.5 Å². The Morgan fingerprint density at radius 1 is 1.02 bits per heavy atom. The van der Waals surface area contributed by atoms with Crippen molar-refractivity contribution >= 4 is 39.9 Å². The Labute approximate surface area is 248 Å². The minimum absolute atomic E-state index is 0.123. The van der Waals surface area contributed by atoms with E-state index in [4.69, 9.17) is 18.9 Å². The summed E-state index contributed by atoms with van der Waals surface area (Å²) in [5.41, 5.74) is 1.05. The van der Waals surface area contributed by atoms with Gasteiger partial charge in [0.15, 0.2) is 16.6 Å². The van der Waals surface area contributed by atoms with Crippen LogP contribution in [0.1, 0.15) is 66.1 Å². The number of rotatable bonds is 12. The van der Waals surface area contributed by atoms with E-state index in [1.54, 1.807) is 56.3 Å². The van der Waals surface area contributed by atoms with E-state index in [2.05, 4.69) is 11.9 Å². The number of methoxy groups -OCH3 is 1. The Morgan fingerprint density at radius 3 is 2.40 bits per heavy atom. The van der Waals surface area contributed by atoms with Gasteiger partial charge in [0.1, 0.15) is 16.4 Å². The first-order chi connectivity index (χ1) is 20.2. The summed E-state index contributed by atoms with van der Waals surface area (Å²) in [6, 6.07) is 10.6. The number of thiazole rings is 1. The smallest absolute Gasteiger partial charge is 0.350 e. The molecule has 10 nitrogen and oxygen atoms in total. The quantitative estimate of drug-likeness (QED) is 0.0905. The van der Waals surface area contributed by atoms with Gasteiger partial charge in [-0.25, -0.2) is 9.78 Å². The van der Waals surface area contributed by atoms with Crippen molar-refractivity contribution in [1.82, 2.24) is 4.98 Å². The summed E-state index contributed by atoms with van der Waals surface area (Å²) >= 11 is 0.945. The minimum atomic E-state index is -1.07. The van der Waals surface area contributed by atoms with Crippen LogP contribution in [0.3, 0.4) is 0 Å². The fraction of sp³-hybridized carbons (Fsp3) is 0.355. The van der Waals surface area contributed by atoms with Gasteiger partial charge >= 0.3 is 11.9 Å². The summed E-state index contributed by atoms with van der Waals surface area (Å²) in [5.74, 6) is -1.19. The predicted octanol–water partition coefficient (Wildman–Crippen LogP) is 5.84. The number of aromatic nitrogens is 1. The lowest BCUT2D eigenvalue weighted by atomic mass is 9.95. The molecule has 0 bridgehead atoms. The molecule has 0 saturated carbocycles. The highest BCUT2D eigenvalue weighted by Gasteiger charge is 2.48. The fourth-order valence-corrected chi connectivity index (χ4v) is 5.52. The number of aryl methyl sites for hydroxylation is 1. The highest BCUT2D eigenvalue weighted by Crippen LogP contribution is 2.45. The second kappa shape index (κ2) is 13.5. The molecule has 1 N–H and O–H groups in total. The zero-order valence-electron chi connectivity index (χ0n) is 24.3. The molecule has 222 valence electrons. The zero-order chi connectivity index (χ0) is 30.4. The van der Waals surface area contributed by atoms with Crippen LogP contribution in [0.2, 0.25) is 0 Å². The highest BCUT2D eigenvalue weighted by atomic mass is 32.1. The summed E-state index contributed by atoms with van der Waals surface area (Å²) in [6.45, 7) is 8.26. The average Bonchev–Trinajstić information content (AvgIpc) is 3.50.